The first kappa shape index (κ1) is 18.7. The fraction of sp³-hybridized carbons (Fsp3) is 0.263. The number of hydrogen-bond acceptors (Lipinski definition) is 5. The lowest BCUT2D eigenvalue weighted by atomic mass is 10.2. The number of rotatable bonds is 4. The van der Waals surface area contributed by atoms with Gasteiger partial charge in [-0.3, -0.25) is 9.69 Å². The summed E-state index contributed by atoms with van der Waals surface area (Å²) in [6.45, 7) is 3.77. The smallest absolute Gasteiger partial charge is 0.255 e. The van der Waals surface area contributed by atoms with Gasteiger partial charge in [-0.1, -0.05) is 27.5 Å². The average molecular weight is 467 g/mol. The molecule has 2 aromatic heterocycles. The van der Waals surface area contributed by atoms with E-state index in [2.05, 4.69) is 25.8 Å². The Labute approximate surface area is 174 Å². The van der Waals surface area contributed by atoms with Gasteiger partial charge in [-0.15, -0.1) is 11.3 Å². The van der Waals surface area contributed by atoms with Gasteiger partial charge in [0.25, 0.3) is 5.91 Å². The molecule has 4 rings (SSSR count). The molecule has 0 atom stereocenters. The molecule has 3 aromatic rings. The largest absolute Gasteiger partial charge is 0.463 e. The van der Waals surface area contributed by atoms with Crippen LogP contribution in [0.5, 0.6) is 0 Å². The maximum atomic E-state index is 12.8. The monoisotopic (exact) mass is 465 g/mol. The van der Waals surface area contributed by atoms with Crippen LogP contribution in [0.15, 0.2) is 50.9 Å². The average Bonchev–Trinajstić information content (AvgIpc) is 3.35. The van der Waals surface area contributed by atoms with Crippen molar-refractivity contribution >= 4 is 44.8 Å². The highest BCUT2D eigenvalue weighted by molar-refractivity contribution is 9.10. The lowest BCUT2D eigenvalue weighted by molar-refractivity contribution is 0.0628. The van der Waals surface area contributed by atoms with Gasteiger partial charge < -0.3 is 9.32 Å². The number of piperazine rings is 1. The molecule has 1 aliphatic rings. The van der Waals surface area contributed by atoms with Crippen LogP contribution in [0.25, 0.3) is 11.5 Å². The summed E-state index contributed by atoms with van der Waals surface area (Å²) in [5, 5.41) is 3.55. The van der Waals surface area contributed by atoms with Crippen LogP contribution in [-0.4, -0.2) is 46.9 Å². The summed E-state index contributed by atoms with van der Waals surface area (Å²) in [7, 11) is 0. The van der Waals surface area contributed by atoms with E-state index in [-0.39, 0.29) is 5.91 Å². The fourth-order valence-electron chi connectivity index (χ4n) is 3.05. The molecule has 0 radical (unpaired) electrons. The molecule has 1 aromatic carbocycles. The molecule has 3 heterocycles. The molecule has 27 heavy (non-hydrogen) atoms. The van der Waals surface area contributed by atoms with Crippen LogP contribution in [0, 0.1) is 0 Å². The highest BCUT2D eigenvalue weighted by Gasteiger charge is 2.24. The van der Waals surface area contributed by atoms with Crippen molar-refractivity contribution in [1.29, 1.82) is 0 Å². The molecule has 0 N–H and O–H groups in total. The summed E-state index contributed by atoms with van der Waals surface area (Å²) in [6.07, 6.45) is 1.65. The Hall–Kier alpha value is -1.67. The normalized spacial score (nSPS) is 15.3. The fourth-order valence-corrected chi connectivity index (χ4v) is 4.44. The predicted molar refractivity (Wildman–Crippen MR) is 110 cm³/mol. The molecule has 0 saturated carbocycles. The minimum atomic E-state index is -0.0182. The van der Waals surface area contributed by atoms with Crippen LogP contribution >= 0.6 is 38.9 Å². The molecule has 0 aliphatic carbocycles. The van der Waals surface area contributed by atoms with Crippen molar-refractivity contribution in [2.24, 2.45) is 0 Å². The van der Waals surface area contributed by atoms with Gasteiger partial charge in [-0.05, 0) is 30.3 Å². The van der Waals surface area contributed by atoms with Gasteiger partial charge in [-0.2, -0.15) is 0 Å². The van der Waals surface area contributed by atoms with Crippen LogP contribution < -0.4 is 0 Å². The maximum absolute atomic E-state index is 12.8. The van der Waals surface area contributed by atoms with Crippen molar-refractivity contribution in [3.63, 3.8) is 0 Å². The second-order valence-electron chi connectivity index (χ2n) is 6.30. The Kier molecular flexibility index (Phi) is 5.63. The Morgan fingerprint density at radius 1 is 1.26 bits per heavy atom. The number of aromatic nitrogens is 1. The molecule has 0 bridgehead atoms. The number of thiazole rings is 1. The zero-order valence-electron chi connectivity index (χ0n) is 14.4. The summed E-state index contributed by atoms with van der Waals surface area (Å²) in [4.78, 5) is 21.6. The van der Waals surface area contributed by atoms with Gasteiger partial charge in [0.05, 0.1) is 23.4 Å². The Morgan fingerprint density at radius 2 is 2.07 bits per heavy atom. The van der Waals surface area contributed by atoms with E-state index < -0.39 is 0 Å². The third-order valence-corrected chi connectivity index (χ3v) is 6.16. The summed E-state index contributed by atoms with van der Waals surface area (Å²) >= 11 is 11.2. The SMILES string of the molecule is O=C(c1cc(Br)ccc1Cl)N1CCN(Cc2nc(-c3ccco3)cs2)CC1. The number of carbonyl (C=O) groups excluding carboxylic acids is 1. The Balaban J connectivity index is 1.35. The standard InChI is InChI=1S/C19H17BrClN3O2S/c20-13-3-4-15(21)14(10-13)19(25)24-7-5-23(6-8-24)11-18-22-16(12-27-18)17-2-1-9-26-17/h1-4,9-10,12H,5-8,11H2. The van der Waals surface area contributed by atoms with E-state index in [1.807, 2.05) is 28.5 Å². The molecule has 1 saturated heterocycles. The Bertz CT molecular complexity index is 936. The van der Waals surface area contributed by atoms with Gasteiger partial charge in [0.15, 0.2) is 5.76 Å². The maximum Gasteiger partial charge on any atom is 0.255 e. The minimum Gasteiger partial charge on any atom is -0.463 e. The second kappa shape index (κ2) is 8.14. The highest BCUT2D eigenvalue weighted by atomic mass is 79.9. The van der Waals surface area contributed by atoms with Gasteiger partial charge in [0.2, 0.25) is 0 Å². The number of nitrogens with zero attached hydrogens (tertiary/aromatic N) is 3. The van der Waals surface area contributed by atoms with E-state index >= 15 is 0 Å². The first-order valence-electron chi connectivity index (χ1n) is 8.55. The second-order valence-corrected chi connectivity index (χ2v) is 8.56. The first-order chi connectivity index (χ1) is 13.1. The van der Waals surface area contributed by atoms with Crippen molar-refractivity contribution in [1.82, 2.24) is 14.8 Å². The van der Waals surface area contributed by atoms with Gasteiger partial charge >= 0.3 is 0 Å². The zero-order chi connectivity index (χ0) is 18.8. The molecular formula is C19H17BrClN3O2S. The number of amides is 1. The van der Waals surface area contributed by atoms with Crippen molar-refractivity contribution < 1.29 is 9.21 Å². The van der Waals surface area contributed by atoms with Crippen LogP contribution in [0.1, 0.15) is 15.4 Å². The number of carbonyl (C=O) groups is 1. The zero-order valence-corrected chi connectivity index (χ0v) is 17.6. The molecule has 1 amide bonds. The van der Waals surface area contributed by atoms with Crippen molar-refractivity contribution in [2.75, 3.05) is 26.2 Å². The van der Waals surface area contributed by atoms with E-state index in [0.717, 1.165) is 40.6 Å². The number of furan rings is 1. The molecular weight excluding hydrogens is 450 g/mol. The van der Waals surface area contributed by atoms with E-state index in [9.17, 15) is 4.79 Å². The van der Waals surface area contributed by atoms with E-state index in [0.29, 0.717) is 23.7 Å². The molecule has 1 fully saturated rings. The summed E-state index contributed by atoms with van der Waals surface area (Å²) in [5.74, 6) is 0.772. The van der Waals surface area contributed by atoms with Crippen LogP contribution in [0.2, 0.25) is 5.02 Å². The van der Waals surface area contributed by atoms with Gasteiger partial charge in [-0.25, -0.2) is 4.98 Å². The predicted octanol–water partition coefficient (Wildman–Crippen LogP) is 4.78. The van der Waals surface area contributed by atoms with Crippen molar-refractivity contribution in [3.05, 3.63) is 62.0 Å². The topological polar surface area (TPSA) is 49.6 Å². The number of hydrogen-bond donors (Lipinski definition) is 0. The first-order valence-corrected chi connectivity index (χ1v) is 10.6. The van der Waals surface area contributed by atoms with E-state index in [1.54, 1.807) is 29.7 Å². The minimum absolute atomic E-state index is 0.0182. The third-order valence-electron chi connectivity index (χ3n) is 4.50. The molecule has 8 heteroatoms. The summed E-state index contributed by atoms with van der Waals surface area (Å²) in [6, 6.07) is 9.14. The molecule has 140 valence electrons. The highest BCUT2D eigenvalue weighted by Crippen LogP contribution is 2.25. The Morgan fingerprint density at radius 3 is 2.81 bits per heavy atom. The van der Waals surface area contributed by atoms with Crippen molar-refractivity contribution in [2.45, 2.75) is 6.54 Å². The third kappa shape index (κ3) is 4.27. The summed E-state index contributed by atoms with van der Waals surface area (Å²) in [5.41, 5.74) is 1.42. The molecule has 0 spiro atoms. The van der Waals surface area contributed by atoms with Gasteiger partial charge in [0, 0.05) is 36.0 Å². The lowest BCUT2D eigenvalue weighted by Gasteiger charge is -2.34. The van der Waals surface area contributed by atoms with E-state index in [1.165, 1.54) is 0 Å². The quantitative estimate of drug-likeness (QED) is 0.555. The number of benzene rings is 1. The number of halogens is 2. The molecule has 5 nitrogen and oxygen atoms in total. The molecule has 0 unspecified atom stereocenters. The summed E-state index contributed by atoms with van der Waals surface area (Å²) < 4.78 is 6.25. The van der Waals surface area contributed by atoms with E-state index in [4.69, 9.17) is 16.0 Å². The van der Waals surface area contributed by atoms with Crippen LogP contribution in [0.3, 0.4) is 0 Å². The lowest BCUT2D eigenvalue weighted by Crippen LogP contribution is -2.48. The van der Waals surface area contributed by atoms with Crippen LogP contribution in [0.4, 0.5) is 0 Å². The van der Waals surface area contributed by atoms with Gasteiger partial charge in [0.1, 0.15) is 10.7 Å². The van der Waals surface area contributed by atoms with Crippen LogP contribution in [-0.2, 0) is 6.54 Å². The molecule has 1 aliphatic heterocycles. The van der Waals surface area contributed by atoms with Crippen molar-refractivity contribution in [3.8, 4) is 11.5 Å².